The van der Waals surface area contributed by atoms with E-state index in [1.165, 1.54) is 17.6 Å². The highest BCUT2D eigenvalue weighted by molar-refractivity contribution is 14.1. The Hall–Kier alpha value is -3.00. The summed E-state index contributed by atoms with van der Waals surface area (Å²) in [6.45, 7) is 1.84. The first-order valence-corrected chi connectivity index (χ1v) is 14.6. The number of nitrogens with one attached hydrogen (secondary N) is 2. The van der Waals surface area contributed by atoms with Crippen LogP contribution < -0.4 is 15.5 Å². The molecule has 4 rings (SSSR count). The van der Waals surface area contributed by atoms with Crippen LogP contribution in [0.25, 0.3) is 11.3 Å². The number of ether oxygens (including phenoxy) is 2. The first-order valence-electron chi connectivity index (χ1n) is 11.5. The number of hydrogen-bond acceptors (Lipinski definition) is 8. The Morgan fingerprint density at radius 3 is 2.59 bits per heavy atom. The van der Waals surface area contributed by atoms with Gasteiger partial charge in [0.25, 0.3) is 5.91 Å². The summed E-state index contributed by atoms with van der Waals surface area (Å²) in [6.07, 6.45) is 1.53. The third-order valence-corrected chi connectivity index (χ3v) is 7.48. The lowest BCUT2D eigenvalue weighted by atomic mass is 10.1. The molecule has 0 fully saturated rings. The summed E-state index contributed by atoms with van der Waals surface area (Å²) < 4.78 is 11.9. The van der Waals surface area contributed by atoms with Crippen LogP contribution in [-0.4, -0.2) is 36.3 Å². The highest BCUT2D eigenvalue weighted by Crippen LogP contribution is 2.32. The van der Waals surface area contributed by atoms with Gasteiger partial charge in [0.15, 0.2) is 11.7 Å². The van der Waals surface area contributed by atoms with Crippen molar-refractivity contribution in [3.63, 3.8) is 0 Å². The minimum atomic E-state index is -0.441. The Labute approximate surface area is 256 Å². The normalized spacial score (nSPS) is 10.9. The van der Waals surface area contributed by atoms with E-state index in [0.29, 0.717) is 27.4 Å². The van der Waals surface area contributed by atoms with Crippen LogP contribution in [0.5, 0.6) is 5.75 Å². The lowest BCUT2D eigenvalue weighted by Crippen LogP contribution is -2.17. The standard InChI is InChI=1S/C27H21BrClIN4O4S/c1-2-37-24(35)14-38-25-21(28)11-16(12-22(25)30)13-31-34-26(36)18-5-3-17(4-6-18)23-15-39-27(33-23)32-20-9-7-19(29)8-10-20/h3-13,15H,2,14H2,1H3,(H,32,33)(H,34,36)/b31-13-. The molecule has 12 heteroatoms. The van der Waals surface area contributed by atoms with E-state index in [1.54, 1.807) is 25.1 Å². The molecule has 0 bridgehead atoms. The molecule has 3 aromatic carbocycles. The van der Waals surface area contributed by atoms with E-state index in [9.17, 15) is 9.59 Å². The molecular weight excluding hydrogens is 719 g/mol. The van der Waals surface area contributed by atoms with E-state index >= 15 is 0 Å². The van der Waals surface area contributed by atoms with Crippen molar-refractivity contribution in [3.8, 4) is 17.0 Å². The van der Waals surface area contributed by atoms with Crippen molar-refractivity contribution in [1.29, 1.82) is 0 Å². The van der Waals surface area contributed by atoms with Crippen LogP contribution in [0.4, 0.5) is 10.8 Å². The molecule has 4 aromatic rings. The van der Waals surface area contributed by atoms with E-state index in [4.69, 9.17) is 21.1 Å². The average Bonchev–Trinajstić information content (AvgIpc) is 3.38. The number of nitrogens with zero attached hydrogens (tertiary/aromatic N) is 2. The van der Waals surface area contributed by atoms with Gasteiger partial charge in [-0.15, -0.1) is 11.3 Å². The first-order chi connectivity index (χ1) is 18.8. The molecular formula is C27H21BrClIN4O4S. The van der Waals surface area contributed by atoms with Crippen LogP contribution in [0, 0.1) is 3.57 Å². The molecule has 0 aliphatic heterocycles. The summed E-state index contributed by atoms with van der Waals surface area (Å²) in [6, 6.07) is 18.1. The molecule has 0 aliphatic rings. The Kier molecular flexibility index (Phi) is 10.3. The van der Waals surface area contributed by atoms with Crippen molar-refractivity contribution < 1.29 is 19.1 Å². The van der Waals surface area contributed by atoms with Gasteiger partial charge in [0, 0.05) is 27.2 Å². The first kappa shape index (κ1) is 29.0. The summed E-state index contributed by atoms with van der Waals surface area (Å²) in [7, 11) is 0. The molecule has 1 aromatic heterocycles. The minimum Gasteiger partial charge on any atom is -0.480 e. The molecule has 200 valence electrons. The van der Waals surface area contributed by atoms with Crippen LogP contribution in [0.15, 0.2) is 75.6 Å². The van der Waals surface area contributed by atoms with Crippen molar-refractivity contribution >= 4 is 90.4 Å². The summed E-state index contributed by atoms with van der Waals surface area (Å²) in [5.41, 5.74) is 6.32. The van der Waals surface area contributed by atoms with E-state index < -0.39 is 5.97 Å². The number of esters is 1. The Bertz CT molecular complexity index is 1470. The second kappa shape index (κ2) is 13.9. The Morgan fingerprint density at radius 1 is 1.15 bits per heavy atom. The lowest BCUT2D eigenvalue weighted by molar-refractivity contribution is -0.145. The highest BCUT2D eigenvalue weighted by atomic mass is 127. The van der Waals surface area contributed by atoms with Crippen LogP contribution >= 0.6 is 61.5 Å². The number of halogens is 3. The van der Waals surface area contributed by atoms with Crippen molar-refractivity contribution in [3.05, 3.63) is 90.2 Å². The summed E-state index contributed by atoms with van der Waals surface area (Å²) >= 11 is 13.0. The van der Waals surface area contributed by atoms with Gasteiger partial charge in [0.2, 0.25) is 0 Å². The minimum absolute atomic E-state index is 0.186. The molecule has 0 radical (unpaired) electrons. The summed E-state index contributed by atoms with van der Waals surface area (Å²) in [5, 5.41) is 10.7. The Morgan fingerprint density at radius 2 is 1.90 bits per heavy atom. The lowest BCUT2D eigenvalue weighted by Gasteiger charge is -2.10. The zero-order valence-electron chi connectivity index (χ0n) is 20.4. The smallest absolute Gasteiger partial charge is 0.344 e. The predicted molar refractivity (Wildman–Crippen MR) is 166 cm³/mol. The average molecular weight is 740 g/mol. The summed E-state index contributed by atoms with van der Waals surface area (Å²) in [5.74, 6) is -0.258. The zero-order chi connectivity index (χ0) is 27.8. The SMILES string of the molecule is CCOC(=O)COc1c(Br)cc(/C=N\NC(=O)c2ccc(-c3csc(Nc4ccc(Cl)cc4)n3)cc2)cc1I. The quantitative estimate of drug-likeness (QED) is 0.0768. The van der Waals surface area contributed by atoms with Gasteiger partial charge in [-0.2, -0.15) is 5.10 Å². The maximum absolute atomic E-state index is 12.6. The molecule has 39 heavy (non-hydrogen) atoms. The maximum atomic E-state index is 12.6. The molecule has 0 aliphatic carbocycles. The van der Waals surface area contributed by atoms with E-state index in [2.05, 4.69) is 59.3 Å². The molecule has 2 N–H and O–H groups in total. The van der Waals surface area contributed by atoms with Gasteiger partial charge in [-0.1, -0.05) is 23.7 Å². The van der Waals surface area contributed by atoms with Crippen molar-refractivity contribution in [1.82, 2.24) is 10.4 Å². The molecule has 0 atom stereocenters. The number of hydrogen-bond donors (Lipinski definition) is 2. The Balaban J connectivity index is 1.33. The fraction of sp³-hybridized carbons (Fsp3) is 0.111. The molecule has 0 unspecified atom stereocenters. The third kappa shape index (κ3) is 8.24. The number of rotatable bonds is 10. The fourth-order valence-electron chi connectivity index (χ4n) is 3.27. The van der Waals surface area contributed by atoms with Crippen molar-refractivity contribution in [2.75, 3.05) is 18.5 Å². The number of hydrazone groups is 1. The molecule has 0 spiro atoms. The van der Waals surface area contributed by atoms with E-state index in [1.807, 2.05) is 47.8 Å². The molecule has 1 amide bonds. The zero-order valence-corrected chi connectivity index (χ0v) is 25.7. The molecule has 1 heterocycles. The second-order valence-electron chi connectivity index (χ2n) is 7.85. The van der Waals surface area contributed by atoms with Crippen LogP contribution in [0.3, 0.4) is 0 Å². The van der Waals surface area contributed by atoms with Gasteiger partial charge in [-0.25, -0.2) is 15.2 Å². The number of thiazole rings is 1. The van der Waals surface area contributed by atoms with Crippen molar-refractivity contribution in [2.45, 2.75) is 6.92 Å². The van der Waals surface area contributed by atoms with E-state index in [0.717, 1.165) is 31.2 Å². The number of anilines is 2. The molecule has 8 nitrogen and oxygen atoms in total. The second-order valence-corrected chi connectivity index (χ2v) is 11.2. The summed E-state index contributed by atoms with van der Waals surface area (Å²) in [4.78, 5) is 28.7. The number of carbonyl (C=O) groups excluding carboxylic acids is 2. The van der Waals surface area contributed by atoms with Crippen LogP contribution in [0.1, 0.15) is 22.8 Å². The largest absolute Gasteiger partial charge is 0.480 e. The van der Waals surface area contributed by atoms with Gasteiger partial charge in [-0.05, 0) is 99.5 Å². The topological polar surface area (TPSA) is 102 Å². The van der Waals surface area contributed by atoms with Crippen LogP contribution in [0.2, 0.25) is 5.02 Å². The van der Waals surface area contributed by atoms with Crippen molar-refractivity contribution in [2.24, 2.45) is 5.10 Å². The van der Waals surface area contributed by atoms with Gasteiger partial charge < -0.3 is 14.8 Å². The molecule has 0 saturated heterocycles. The highest BCUT2D eigenvalue weighted by Gasteiger charge is 2.12. The van der Waals surface area contributed by atoms with Gasteiger partial charge in [-0.3, -0.25) is 4.79 Å². The third-order valence-electron chi connectivity index (χ3n) is 5.08. The van der Waals surface area contributed by atoms with Gasteiger partial charge in [0.05, 0.1) is 26.6 Å². The number of benzene rings is 3. The number of amides is 1. The van der Waals surface area contributed by atoms with Gasteiger partial charge >= 0.3 is 5.97 Å². The maximum Gasteiger partial charge on any atom is 0.344 e. The fourth-order valence-corrected chi connectivity index (χ4v) is 5.90. The van der Waals surface area contributed by atoms with Crippen LogP contribution in [-0.2, 0) is 9.53 Å². The predicted octanol–water partition coefficient (Wildman–Crippen LogP) is 7.28. The van der Waals surface area contributed by atoms with E-state index in [-0.39, 0.29) is 12.5 Å². The van der Waals surface area contributed by atoms with Gasteiger partial charge in [0.1, 0.15) is 5.75 Å². The molecule has 0 saturated carbocycles. The monoisotopic (exact) mass is 738 g/mol. The number of aromatic nitrogens is 1. The number of carbonyl (C=O) groups is 2.